The van der Waals surface area contributed by atoms with E-state index < -0.39 is 0 Å². The van der Waals surface area contributed by atoms with Crippen LogP contribution in [0, 0.1) is 6.92 Å². The van der Waals surface area contributed by atoms with E-state index in [-0.39, 0.29) is 12.5 Å². The highest BCUT2D eigenvalue weighted by atomic mass is 16.2. The van der Waals surface area contributed by atoms with Gasteiger partial charge >= 0.3 is 0 Å². The lowest BCUT2D eigenvalue weighted by Crippen LogP contribution is -2.30. The Bertz CT molecular complexity index is 600. The average molecular weight is 276 g/mol. The molecule has 0 saturated carbocycles. The average Bonchev–Trinajstić information content (AvgIpc) is 2.97. The van der Waals surface area contributed by atoms with Crippen LogP contribution >= 0.6 is 0 Å². The van der Waals surface area contributed by atoms with Gasteiger partial charge in [0, 0.05) is 37.6 Å². The summed E-state index contributed by atoms with van der Waals surface area (Å²) in [5, 5.41) is 8.28. The van der Waals surface area contributed by atoms with Gasteiger partial charge in [0.1, 0.15) is 12.4 Å². The molecule has 0 atom stereocenters. The van der Waals surface area contributed by atoms with Crippen molar-refractivity contribution in [2.24, 2.45) is 0 Å². The molecule has 2 aromatic rings. The molecule has 0 aromatic carbocycles. The molecule has 0 fully saturated rings. The molecule has 0 radical (unpaired) electrons. The summed E-state index contributed by atoms with van der Waals surface area (Å²) in [6.45, 7) is 5.62. The van der Waals surface area contributed by atoms with Crippen LogP contribution in [0.15, 0.2) is 18.5 Å². The number of nitrogen functional groups attached to an aromatic ring is 1. The van der Waals surface area contributed by atoms with Gasteiger partial charge in [-0.2, -0.15) is 10.2 Å². The Kier molecular flexibility index (Phi) is 4.07. The van der Waals surface area contributed by atoms with Crippen LogP contribution in [-0.2, 0) is 24.4 Å². The van der Waals surface area contributed by atoms with Gasteiger partial charge in [-0.1, -0.05) is 0 Å². The standard InChI is InChI=1S/C13H20N6O/c1-4-19-10(2)11(7-15-19)8-17(3)13(20)9-18-6-5-12(14)16-18/h5-7H,4,8-9H2,1-3H3,(H2,14,16). The maximum atomic E-state index is 12.1. The monoisotopic (exact) mass is 276 g/mol. The second-order valence-corrected chi connectivity index (χ2v) is 4.76. The molecule has 0 bridgehead atoms. The third-order valence-electron chi connectivity index (χ3n) is 3.30. The zero-order valence-corrected chi connectivity index (χ0v) is 12.1. The molecule has 2 N–H and O–H groups in total. The van der Waals surface area contributed by atoms with E-state index >= 15 is 0 Å². The van der Waals surface area contributed by atoms with Crippen LogP contribution in [0.5, 0.6) is 0 Å². The first-order valence-electron chi connectivity index (χ1n) is 6.55. The molecular formula is C13H20N6O. The Balaban J connectivity index is 1.98. The van der Waals surface area contributed by atoms with Gasteiger partial charge < -0.3 is 10.6 Å². The molecule has 2 rings (SSSR count). The Morgan fingerprint density at radius 3 is 2.80 bits per heavy atom. The van der Waals surface area contributed by atoms with Crippen molar-refractivity contribution in [2.45, 2.75) is 33.5 Å². The molecule has 20 heavy (non-hydrogen) atoms. The number of nitrogens with zero attached hydrogens (tertiary/aromatic N) is 5. The molecule has 108 valence electrons. The van der Waals surface area contributed by atoms with E-state index in [0.29, 0.717) is 12.4 Å². The van der Waals surface area contributed by atoms with Crippen molar-refractivity contribution in [2.75, 3.05) is 12.8 Å². The minimum Gasteiger partial charge on any atom is -0.382 e. The van der Waals surface area contributed by atoms with Gasteiger partial charge in [0.25, 0.3) is 0 Å². The number of hydrogen-bond donors (Lipinski definition) is 1. The second-order valence-electron chi connectivity index (χ2n) is 4.76. The minimum atomic E-state index is -0.0169. The molecule has 0 aliphatic carbocycles. The first-order chi connectivity index (χ1) is 9.51. The van der Waals surface area contributed by atoms with Crippen LogP contribution in [0.4, 0.5) is 5.82 Å². The van der Waals surface area contributed by atoms with Crippen molar-refractivity contribution in [3.8, 4) is 0 Å². The number of anilines is 1. The highest BCUT2D eigenvalue weighted by Gasteiger charge is 2.13. The highest BCUT2D eigenvalue weighted by molar-refractivity contribution is 5.75. The van der Waals surface area contributed by atoms with Crippen molar-refractivity contribution >= 4 is 11.7 Å². The van der Waals surface area contributed by atoms with Gasteiger partial charge in [-0.15, -0.1) is 0 Å². The van der Waals surface area contributed by atoms with Crippen molar-refractivity contribution in [3.63, 3.8) is 0 Å². The van der Waals surface area contributed by atoms with Crippen molar-refractivity contribution in [3.05, 3.63) is 29.7 Å². The number of rotatable bonds is 5. The number of nitrogens with two attached hydrogens (primary N) is 1. The smallest absolute Gasteiger partial charge is 0.244 e. The van der Waals surface area contributed by atoms with E-state index in [1.54, 1.807) is 24.2 Å². The predicted octanol–water partition coefficient (Wildman–Crippen LogP) is 0.649. The molecule has 0 aliphatic heterocycles. The summed E-state index contributed by atoms with van der Waals surface area (Å²) in [4.78, 5) is 13.8. The van der Waals surface area contributed by atoms with E-state index in [2.05, 4.69) is 10.2 Å². The third kappa shape index (κ3) is 2.98. The van der Waals surface area contributed by atoms with Crippen LogP contribution in [0.3, 0.4) is 0 Å². The van der Waals surface area contributed by atoms with Crippen molar-refractivity contribution in [1.82, 2.24) is 24.5 Å². The van der Waals surface area contributed by atoms with E-state index in [9.17, 15) is 4.79 Å². The number of carbonyl (C=O) groups excluding carboxylic acids is 1. The van der Waals surface area contributed by atoms with Gasteiger partial charge in [0.15, 0.2) is 0 Å². The van der Waals surface area contributed by atoms with Crippen molar-refractivity contribution < 1.29 is 4.79 Å². The molecule has 0 unspecified atom stereocenters. The van der Waals surface area contributed by atoms with Crippen LogP contribution in [0.2, 0.25) is 0 Å². The SMILES string of the molecule is CCn1ncc(CN(C)C(=O)Cn2ccc(N)n2)c1C. The lowest BCUT2D eigenvalue weighted by Gasteiger charge is -2.17. The quantitative estimate of drug-likeness (QED) is 0.869. The minimum absolute atomic E-state index is 0.0169. The Labute approximate surface area is 118 Å². The topological polar surface area (TPSA) is 82.0 Å². The Morgan fingerprint density at radius 1 is 1.50 bits per heavy atom. The summed E-state index contributed by atoms with van der Waals surface area (Å²) in [5.41, 5.74) is 7.68. The fourth-order valence-corrected chi connectivity index (χ4v) is 2.03. The number of aromatic nitrogens is 4. The first-order valence-corrected chi connectivity index (χ1v) is 6.55. The summed E-state index contributed by atoms with van der Waals surface area (Å²) in [5.74, 6) is 0.400. The lowest BCUT2D eigenvalue weighted by molar-refractivity contribution is -0.131. The summed E-state index contributed by atoms with van der Waals surface area (Å²) in [6.07, 6.45) is 3.51. The van der Waals surface area contributed by atoms with Gasteiger partial charge in [-0.3, -0.25) is 14.2 Å². The summed E-state index contributed by atoms with van der Waals surface area (Å²) < 4.78 is 3.46. The summed E-state index contributed by atoms with van der Waals surface area (Å²) in [6, 6.07) is 1.67. The molecule has 0 saturated heterocycles. The van der Waals surface area contributed by atoms with Gasteiger partial charge in [-0.05, 0) is 19.9 Å². The second kappa shape index (κ2) is 5.77. The van der Waals surface area contributed by atoms with Gasteiger partial charge in [0.05, 0.1) is 6.20 Å². The first kappa shape index (κ1) is 14.1. The van der Waals surface area contributed by atoms with Gasteiger partial charge in [0.2, 0.25) is 5.91 Å². The zero-order chi connectivity index (χ0) is 14.7. The van der Waals surface area contributed by atoms with Gasteiger partial charge in [-0.25, -0.2) is 0 Å². The largest absolute Gasteiger partial charge is 0.382 e. The maximum absolute atomic E-state index is 12.1. The molecule has 0 spiro atoms. The molecule has 7 nitrogen and oxygen atoms in total. The van der Waals surface area contributed by atoms with Crippen LogP contribution < -0.4 is 5.73 Å². The lowest BCUT2D eigenvalue weighted by atomic mass is 10.2. The summed E-state index contributed by atoms with van der Waals surface area (Å²) in [7, 11) is 1.78. The number of hydrogen-bond acceptors (Lipinski definition) is 4. The van der Waals surface area contributed by atoms with E-state index in [4.69, 9.17) is 5.73 Å². The highest BCUT2D eigenvalue weighted by Crippen LogP contribution is 2.10. The molecule has 7 heteroatoms. The molecule has 0 aliphatic rings. The van der Waals surface area contributed by atoms with E-state index in [0.717, 1.165) is 17.8 Å². The maximum Gasteiger partial charge on any atom is 0.244 e. The molecular weight excluding hydrogens is 256 g/mol. The summed E-state index contributed by atoms with van der Waals surface area (Å²) >= 11 is 0. The molecule has 2 aromatic heterocycles. The molecule has 1 amide bonds. The number of carbonyl (C=O) groups is 1. The number of aryl methyl sites for hydroxylation is 1. The van der Waals surface area contributed by atoms with E-state index in [1.807, 2.05) is 24.7 Å². The van der Waals surface area contributed by atoms with Crippen LogP contribution in [0.25, 0.3) is 0 Å². The molecule has 2 heterocycles. The normalized spacial score (nSPS) is 10.8. The Morgan fingerprint density at radius 2 is 2.25 bits per heavy atom. The zero-order valence-electron chi connectivity index (χ0n) is 12.1. The fraction of sp³-hybridized carbons (Fsp3) is 0.462. The Hall–Kier alpha value is -2.31. The van der Waals surface area contributed by atoms with Crippen molar-refractivity contribution in [1.29, 1.82) is 0 Å². The third-order valence-corrected chi connectivity index (χ3v) is 3.30. The van der Waals surface area contributed by atoms with Crippen LogP contribution in [-0.4, -0.2) is 37.4 Å². The number of likely N-dealkylation sites (N-methyl/N-ethyl adjacent to an activating group) is 1. The fourth-order valence-electron chi connectivity index (χ4n) is 2.03. The van der Waals surface area contributed by atoms with E-state index in [1.165, 1.54) is 4.68 Å². The predicted molar refractivity (Wildman–Crippen MR) is 75.8 cm³/mol. The number of amides is 1. The van der Waals surface area contributed by atoms with Crippen LogP contribution in [0.1, 0.15) is 18.2 Å².